The third-order valence-electron chi connectivity index (χ3n) is 6.78. The minimum atomic E-state index is -0.188. The van der Waals surface area contributed by atoms with Crippen LogP contribution in [0.1, 0.15) is 40.2 Å². The lowest BCUT2D eigenvalue weighted by atomic mass is 9.90. The number of ether oxygens (including phenoxy) is 2. The van der Waals surface area contributed by atoms with E-state index in [2.05, 4.69) is 39.5 Å². The third kappa shape index (κ3) is 6.38. The molecule has 5 rings (SSSR count). The second-order valence-corrected chi connectivity index (χ2v) is 9.43. The molecule has 0 spiro atoms. The van der Waals surface area contributed by atoms with Gasteiger partial charge in [-0.15, -0.1) is 12.4 Å². The number of aromatic amines is 1. The molecule has 2 N–H and O–H groups in total. The van der Waals surface area contributed by atoms with Gasteiger partial charge in [0.2, 0.25) is 5.95 Å². The average molecular weight is 537 g/mol. The first-order valence-corrected chi connectivity index (χ1v) is 12.4. The van der Waals surface area contributed by atoms with Gasteiger partial charge in [0, 0.05) is 50.1 Å². The molecule has 3 heterocycles. The first-order chi connectivity index (χ1) is 18.0. The summed E-state index contributed by atoms with van der Waals surface area (Å²) in [7, 11) is 3.24. The van der Waals surface area contributed by atoms with Gasteiger partial charge in [0.05, 0.1) is 19.9 Å². The summed E-state index contributed by atoms with van der Waals surface area (Å²) >= 11 is 0. The summed E-state index contributed by atoms with van der Waals surface area (Å²) in [4.78, 5) is 22.8. The Labute approximate surface area is 228 Å². The van der Waals surface area contributed by atoms with E-state index < -0.39 is 0 Å². The van der Waals surface area contributed by atoms with Gasteiger partial charge in [-0.3, -0.25) is 14.7 Å². The maximum absolute atomic E-state index is 12.7. The summed E-state index contributed by atoms with van der Waals surface area (Å²) in [5, 5.41) is 3.26. The fourth-order valence-corrected chi connectivity index (χ4v) is 5.00. The van der Waals surface area contributed by atoms with E-state index in [1.54, 1.807) is 20.3 Å². The van der Waals surface area contributed by atoms with Gasteiger partial charge in [-0.2, -0.15) is 0 Å². The van der Waals surface area contributed by atoms with Crippen molar-refractivity contribution in [3.05, 3.63) is 105 Å². The lowest BCUT2D eigenvalue weighted by molar-refractivity contribution is 0.319. The highest BCUT2D eigenvalue weighted by atomic mass is 35.5. The number of likely N-dealkylation sites (tertiary alicyclic amines) is 1. The summed E-state index contributed by atoms with van der Waals surface area (Å²) in [5.41, 5.74) is 2.77. The van der Waals surface area contributed by atoms with Crippen molar-refractivity contribution >= 4 is 18.4 Å². The largest absolute Gasteiger partial charge is 0.497 e. The van der Waals surface area contributed by atoms with E-state index in [9.17, 15) is 4.79 Å². The van der Waals surface area contributed by atoms with Gasteiger partial charge in [0.25, 0.3) is 5.56 Å². The van der Waals surface area contributed by atoms with E-state index in [-0.39, 0.29) is 29.8 Å². The molecule has 38 heavy (non-hydrogen) atoms. The predicted octanol–water partition coefficient (Wildman–Crippen LogP) is 5.11. The highest BCUT2D eigenvalue weighted by Gasteiger charge is 2.38. The number of anilines is 1. The minimum Gasteiger partial charge on any atom is -0.497 e. The molecule has 2 unspecified atom stereocenters. The van der Waals surface area contributed by atoms with Crippen molar-refractivity contribution < 1.29 is 13.9 Å². The van der Waals surface area contributed by atoms with Crippen LogP contribution in [0.15, 0.2) is 75.9 Å². The maximum atomic E-state index is 12.7. The van der Waals surface area contributed by atoms with Crippen molar-refractivity contribution in [1.82, 2.24) is 14.9 Å². The van der Waals surface area contributed by atoms with E-state index in [1.165, 1.54) is 5.56 Å². The molecule has 2 aromatic heterocycles. The zero-order valence-corrected chi connectivity index (χ0v) is 22.6. The molecule has 9 heteroatoms. The molecule has 0 amide bonds. The SMILES string of the molecule is COc1cc(CNc2nc(C3CN(Cc4ccccc4)CC3c3ccc(C)o3)cc(=O)[nH]2)cc(OC)c1.Cl. The number of methoxy groups -OCH3 is 2. The van der Waals surface area contributed by atoms with Crippen LogP contribution < -0.4 is 20.3 Å². The number of benzene rings is 2. The molecule has 200 valence electrons. The molecule has 1 aliphatic rings. The normalized spacial score (nSPS) is 17.1. The zero-order valence-electron chi connectivity index (χ0n) is 21.8. The fourth-order valence-electron chi connectivity index (χ4n) is 5.00. The number of aromatic nitrogens is 2. The number of nitrogens with one attached hydrogen (secondary N) is 2. The van der Waals surface area contributed by atoms with Crippen LogP contribution in [0, 0.1) is 6.92 Å². The average Bonchev–Trinajstić information content (AvgIpc) is 3.53. The molecule has 1 saturated heterocycles. The van der Waals surface area contributed by atoms with E-state index in [1.807, 2.05) is 43.3 Å². The van der Waals surface area contributed by atoms with Gasteiger partial charge in [-0.1, -0.05) is 30.3 Å². The second kappa shape index (κ2) is 12.2. The Morgan fingerprint density at radius 2 is 1.68 bits per heavy atom. The van der Waals surface area contributed by atoms with E-state index in [0.29, 0.717) is 24.0 Å². The van der Waals surface area contributed by atoms with Crippen LogP contribution in [0.2, 0.25) is 0 Å². The molecular formula is C29H33ClN4O4. The number of furan rings is 1. The number of nitrogens with zero attached hydrogens (tertiary/aromatic N) is 2. The second-order valence-electron chi connectivity index (χ2n) is 9.43. The monoisotopic (exact) mass is 536 g/mol. The smallest absolute Gasteiger partial charge is 0.252 e. The summed E-state index contributed by atoms with van der Waals surface area (Å²) in [6.45, 7) is 4.84. The Morgan fingerprint density at radius 1 is 0.974 bits per heavy atom. The number of H-pyrrole nitrogens is 1. The molecule has 0 saturated carbocycles. The number of hydrogen-bond donors (Lipinski definition) is 2. The van der Waals surface area contributed by atoms with Crippen LogP contribution in [0.3, 0.4) is 0 Å². The Balaban J connectivity index is 0.00000336. The molecular weight excluding hydrogens is 504 g/mol. The summed E-state index contributed by atoms with van der Waals surface area (Å²) in [6.07, 6.45) is 0. The molecule has 4 aromatic rings. The summed E-state index contributed by atoms with van der Waals surface area (Å²) in [6, 6.07) is 21.7. The van der Waals surface area contributed by atoms with Gasteiger partial charge < -0.3 is 19.2 Å². The van der Waals surface area contributed by atoms with Gasteiger partial charge in [-0.25, -0.2) is 4.98 Å². The quantitative estimate of drug-likeness (QED) is 0.307. The van der Waals surface area contributed by atoms with Crippen LogP contribution in [-0.2, 0) is 13.1 Å². The predicted molar refractivity (Wildman–Crippen MR) is 150 cm³/mol. The molecule has 0 aliphatic carbocycles. The molecule has 2 aromatic carbocycles. The Bertz CT molecular complexity index is 1380. The Morgan fingerprint density at radius 3 is 2.34 bits per heavy atom. The lowest BCUT2D eigenvalue weighted by Gasteiger charge is -2.17. The number of hydrogen-bond acceptors (Lipinski definition) is 7. The van der Waals surface area contributed by atoms with Crippen LogP contribution in [0.4, 0.5) is 5.95 Å². The van der Waals surface area contributed by atoms with Crippen molar-refractivity contribution in [2.24, 2.45) is 0 Å². The van der Waals surface area contributed by atoms with Crippen molar-refractivity contribution in [2.45, 2.75) is 31.8 Å². The molecule has 0 bridgehead atoms. The molecule has 8 nitrogen and oxygen atoms in total. The van der Waals surface area contributed by atoms with Crippen LogP contribution in [0.5, 0.6) is 11.5 Å². The van der Waals surface area contributed by atoms with Gasteiger partial charge in [0.15, 0.2) is 0 Å². The standard InChI is InChI=1S/C29H32N4O4.ClH/c1-19-9-10-27(37-19)25-18-33(16-20-7-5-4-6-8-20)17-24(25)26-14-28(34)32-29(31-26)30-15-21-11-22(35-2)13-23(12-21)36-3;/h4-14,24-25H,15-18H2,1-3H3,(H2,30,31,32,34);1H. The zero-order chi connectivity index (χ0) is 25.8. The Kier molecular flexibility index (Phi) is 8.76. The topological polar surface area (TPSA) is 92.6 Å². The van der Waals surface area contributed by atoms with Crippen LogP contribution >= 0.6 is 12.4 Å². The van der Waals surface area contributed by atoms with Crippen molar-refractivity contribution in [3.8, 4) is 11.5 Å². The third-order valence-corrected chi connectivity index (χ3v) is 6.78. The first-order valence-electron chi connectivity index (χ1n) is 12.4. The molecule has 2 atom stereocenters. The summed E-state index contributed by atoms with van der Waals surface area (Å²) < 4.78 is 16.8. The molecule has 1 fully saturated rings. The van der Waals surface area contributed by atoms with Crippen LogP contribution in [0.25, 0.3) is 0 Å². The first kappa shape index (κ1) is 27.3. The van der Waals surface area contributed by atoms with Crippen molar-refractivity contribution in [2.75, 3.05) is 32.6 Å². The van der Waals surface area contributed by atoms with Crippen molar-refractivity contribution in [3.63, 3.8) is 0 Å². The Hall–Kier alpha value is -3.75. The van der Waals surface area contributed by atoms with Crippen molar-refractivity contribution in [1.29, 1.82) is 0 Å². The number of halogens is 1. The summed E-state index contributed by atoms with van der Waals surface area (Å²) in [5.74, 6) is 3.76. The fraction of sp³-hybridized carbons (Fsp3) is 0.310. The van der Waals surface area contributed by atoms with Crippen LogP contribution in [-0.4, -0.2) is 42.2 Å². The van der Waals surface area contributed by atoms with Gasteiger partial charge >= 0.3 is 0 Å². The number of aryl methyl sites for hydroxylation is 1. The van der Waals surface area contributed by atoms with Gasteiger partial charge in [-0.05, 0) is 42.3 Å². The minimum absolute atomic E-state index is 0. The van der Waals surface area contributed by atoms with E-state index in [4.69, 9.17) is 18.9 Å². The van der Waals surface area contributed by atoms with Gasteiger partial charge in [0.1, 0.15) is 23.0 Å². The van der Waals surface area contributed by atoms with E-state index >= 15 is 0 Å². The number of rotatable bonds is 9. The maximum Gasteiger partial charge on any atom is 0.252 e. The molecule has 1 aliphatic heterocycles. The molecule has 0 radical (unpaired) electrons. The highest BCUT2D eigenvalue weighted by molar-refractivity contribution is 5.85. The highest BCUT2D eigenvalue weighted by Crippen LogP contribution is 2.40. The lowest BCUT2D eigenvalue weighted by Crippen LogP contribution is -2.21. The van der Waals surface area contributed by atoms with E-state index in [0.717, 1.165) is 42.4 Å².